The summed E-state index contributed by atoms with van der Waals surface area (Å²) in [6.07, 6.45) is 8.58. The SMILES string of the molecule is Br.Br.CCCCP(CP(CCCC)C(C)(C)C)C(C)(C)C. The van der Waals surface area contributed by atoms with E-state index < -0.39 is 0 Å². The molecular weight excluding hydrogens is 426 g/mol. The fourth-order valence-electron chi connectivity index (χ4n) is 2.14. The maximum Gasteiger partial charge on any atom is -0.0111 e. The second kappa shape index (κ2) is 13.1. The first kappa shape index (κ1) is 27.7. The van der Waals surface area contributed by atoms with Gasteiger partial charge in [0, 0.05) is 0 Å². The molecule has 21 heavy (non-hydrogen) atoms. The lowest BCUT2D eigenvalue weighted by molar-refractivity contribution is 0.761. The molecule has 0 nitrogen and oxygen atoms in total. The first-order valence-corrected chi connectivity index (χ1v) is 11.6. The molecule has 0 aliphatic rings. The van der Waals surface area contributed by atoms with Crippen molar-refractivity contribution in [3.8, 4) is 0 Å². The van der Waals surface area contributed by atoms with Crippen molar-refractivity contribution in [2.75, 3.05) is 18.2 Å². The molecule has 0 saturated heterocycles. The molecule has 0 aromatic heterocycles. The summed E-state index contributed by atoms with van der Waals surface area (Å²) in [4.78, 5) is 0. The molecule has 0 amide bonds. The van der Waals surface area contributed by atoms with E-state index in [0.717, 1.165) is 0 Å². The van der Waals surface area contributed by atoms with Crippen LogP contribution in [0.2, 0.25) is 0 Å². The van der Waals surface area contributed by atoms with E-state index in [0.29, 0.717) is 10.3 Å². The van der Waals surface area contributed by atoms with Crippen LogP contribution in [0.5, 0.6) is 0 Å². The van der Waals surface area contributed by atoms with Gasteiger partial charge in [0.2, 0.25) is 0 Å². The van der Waals surface area contributed by atoms with Crippen molar-refractivity contribution in [3.05, 3.63) is 0 Å². The second-order valence-corrected chi connectivity index (χ2v) is 14.6. The largest absolute Gasteiger partial charge is 0.114 e. The maximum absolute atomic E-state index is 2.48. The Labute approximate surface area is 159 Å². The standard InChI is InChI=1S/C17H38P2.2BrH/c1-9-11-13-18(16(3,4)5)15-19(14-12-10-2)17(6,7)8;;/h9-15H2,1-8H3;2*1H. The maximum atomic E-state index is 2.48. The van der Waals surface area contributed by atoms with Crippen LogP contribution in [0.15, 0.2) is 0 Å². The van der Waals surface area contributed by atoms with E-state index in [1.165, 1.54) is 38.0 Å². The zero-order chi connectivity index (χ0) is 15.1. The fourth-order valence-corrected chi connectivity index (χ4v) is 11.1. The summed E-state index contributed by atoms with van der Waals surface area (Å²) in [7, 11) is 0.402. The van der Waals surface area contributed by atoms with Crippen LogP contribution in [0.3, 0.4) is 0 Å². The van der Waals surface area contributed by atoms with Crippen molar-refractivity contribution >= 4 is 49.8 Å². The van der Waals surface area contributed by atoms with Gasteiger partial charge >= 0.3 is 0 Å². The van der Waals surface area contributed by atoms with Gasteiger partial charge in [-0.25, -0.2) is 0 Å². The summed E-state index contributed by atoms with van der Waals surface area (Å²) in [5.74, 6) is 1.55. The highest BCUT2D eigenvalue weighted by Crippen LogP contribution is 2.63. The lowest BCUT2D eigenvalue weighted by Crippen LogP contribution is -2.20. The van der Waals surface area contributed by atoms with Crippen LogP contribution in [0, 0.1) is 0 Å². The van der Waals surface area contributed by atoms with Crippen LogP contribution >= 0.6 is 49.8 Å². The van der Waals surface area contributed by atoms with Gasteiger partial charge in [0.05, 0.1) is 0 Å². The molecule has 0 aromatic rings. The van der Waals surface area contributed by atoms with Gasteiger partial charge in [-0.3, -0.25) is 0 Å². The minimum Gasteiger partial charge on any atom is -0.114 e. The third-order valence-corrected chi connectivity index (χ3v) is 12.0. The van der Waals surface area contributed by atoms with Crippen molar-refractivity contribution in [2.45, 2.75) is 91.4 Å². The predicted octanol–water partition coefficient (Wildman–Crippen LogP) is 8.26. The van der Waals surface area contributed by atoms with Gasteiger partial charge in [-0.15, -0.1) is 34.0 Å². The Balaban J connectivity index is -0.00000162. The van der Waals surface area contributed by atoms with Gasteiger partial charge < -0.3 is 0 Å². The molecule has 0 spiro atoms. The van der Waals surface area contributed by atoms with Crippen LogP contribution in [0.4, 0.5) is 0 Å². The highest BCUT2D eigenvalue weighted by atomic mass is 79.9. The first-order valence-electron chi connectivity index (χ1n) is 8.13. The summed E-state index contributed by atoms with van der Waals surface area (Å²) in [6.45, 7) is 19.5. The minimum absolute atomic E-state index is 0. The zero-order valence-electron chi connectivity index (χ0n) is 15.7. The Morgan fingerprint density at radius 3 is 1.10 bits per heavy atom. The van der Waals surface area contributed by atoms with E-state index in [9.17, 15) is 0 Å². The van der Waals surface area contributed by atoms with E-state index in [1.54, 1.807) is 5.90 Å². The summed E-state index contributed by atoms with van der Waals surface area (Å²) >= 11 is 0. The van der Waals surface area contributed by atoms with Crippen molar-refractivity contribution in [2.24, 2.45) is 0 Å². The fraction of sp³-hybridized carbons (Fsp3) is 1.00. The van der Waals surface area contributed by atoms with Gasteiger partial charge in [0.25, 0.3) is 0 Å². The summed E-state index contributed by atoms with van der Waals surface area (Å²) in [6, 6.07) is 0. The zero-order valence-corrected chi connectivity index (χ0v) is 20.9. The molecule has 0 radical (unpaired) electrons. The predicted molar refractivity (Wildman–Crippen MR) is 118 cm³/mol. The monoisotopic (exact) mass is 464 g/mol. The smallest absolute Gasteiger partial charge is 0.0111 e. The molecule has 2 atom stereocenters. The van der Waals surface area contributed by atoms with Gasteiger partial charge in [-0.2, -0.15) is 0 Å². The van der Waals surface area contributed by atoms with Crippen LogP contribution < -0.4 is 0 Å². The molecule has 0 aromatic carbocycles. The molecule has 0 fully saturated rings. The van der Waals surface area contributed by atoms with Crippen molar-refractivity contribution in [1.82, 2.24) is 0 Å². The number of hydrogen-bond acceptors (Lipinski definition) is 0. The lowest BCUT2D eigenvalue weighted by Gasteiger charge is -2.40. The summed E-state index contributed by atoms with van der Waals surface area (Å²) in [5, 5.41) is 1.09. The van der Waals surface area contributed by atoms with E-state index in [-0.39, 0.29) is 49.8 Å². The summed E-state index contributed by atoms with van der Waals surface area (Å²) in [5.41, 5.74) is 0. The van der Waals surface area contributed by atoms with E-state index >= 15 is 0 Å². The number of unbranched alkanes of at least 4 members (excludes halogenated alkanes) is 2. The molecule has 0 rings (SSSR count). The van der Waals surface area contributed by atoms with E-state index in [2.05, 4.69) is 55.4 Å². The average molecular weight is 466 g/mol. The van der Waals surface area contributed by atoms with Gasteiger partial charge in [0.15, 0.2) is 0 Å². The Morgan fingerprint density at radius 2 is 0.905 bits per heavy atom. The molecule has 132 valence electrons. The Kier molecular flexibility index (Phi) is 17.3. The van der Waals surface area contributed by atoms with E-state index in [4.69, 9.17) is 0 Å². The van der Waals surface area contributed by atoms with E-state index in [1.807, 2.05) is 0 Å². The molecular formula is C17H40Br2P2. The van der Waals surface area contributed by atoms with Crippen LogP contribution in [0.25, 0.3) is 0 Å². The van der Waals surface area contributed by atoms with Gasteiger partial charge in [-0.1, -0.05) is 84.1 Å². The molecule has 0 heterocycles. The molecule has 0 N–H and O–H groups in total. The van der Waals surface area contributed by atoms with Crippen molar-refractivity contribution < 1.29 is 0 Å². The second-order valence-electron chi connectivity index (χ2n) is 7.72. The molecule has 0 aliphatic heterocycles. The van der Waals surface area contributed by atoms with Crippen molar-refractivity contribution in [3.63, 3.8) is 0 Å². The highest BCUT2D eigenvalue weighted by molar-refractivity contribution is 8.93. The normalized spacial score (nSPS) is 14.9. The Morgan fingerprint density at radius 1 is 0.619 bits per heavy atom. The molecule has 4 heteroatoms. The first-order chi connectivity index (χ1) is 8.62. The third kappa shape index (κ3) is 12.9. The third-order valence-electron chi connectivity index (χ3n) is 3.80. The molecule has 0 aliphatic carbocycles. The topological polar surface area (TPSA) is 0 Å². The molecule has 2 unspecified atom stereocenters. The Hall–Kier alpha value is 1.82. The van der Waals surface area contributed by atoms with Crippen molar-refractivity contribution in [1.29, 1.82) is 0 Å². The highest BCUT2D eigenvalue weighted by Gasteiger charge is 2.31. The quantitative estimate of drug-likeness (QED) is 0.316. The van der Waals surface area contributed by atoms with Crippen LogP contribution in [-0.4, -0.2) is 28.5 Å². The Bertz CT molecular complexity index is 208. The number of rotatable bonds is 8. The number of hydrogen-bond donors (Lipinski definition) is 0. The minimum atomic E-state index is 0. The van der Waals surface area contributed by atoms with Gasteiger partial charge in [0.1, 0.15) is 0 Å². The van der Waals surface area contributed by atoms with Crippen LogP contribution in [-0.2, 0) is 0 Å². The molecule has 0 bridgehead atoms. The lowest BCUT2D eigenvalue weighted by atomic mass is 10.3. The average Bonchev–Trinajstić information content (AvgIpc) is 2.24. The van der Waals surface area contributed by atoms with Gasteiger partial charge in [-0.05, 0) is 41.4 Å². The number of halogens is 2. The summed E-state index contributed by atoms with van der Waals surface area (Å²) < 4.78 is 0. The molecule has 0 saturated carbocycles. The van der Waals surface area contributed by atoms with Crippen LogP contribution in [0.1, 0.15) is 81.1 Å².